The van der Waals surface area contributed by atoms with Crippen LogP contribution in [0.25, 0.3) is 0 Å². The van der Waals surface area contributed by atoms with E-state index in [-0.39, 0.29) is 23.2 Å². The Bertz CT molecular complexity index is 1200. The highest BCUT2D eigenvalue weighted by atomic mass is 32.2. The van der Waals surface area contributed by atoms with Gasteiger partial charge in [-0.2, -0.15) is 0 Å². The van der Waals surface area contributed by atoms with Crippen molar-refractivity contribution in [2.24, 2.45) is 46.3 Å². The van der Waals surface area contributed by atoms with E-state index >= 15 is 0 Å². The standard InChI is InChI=1S/C36H56O4S/c1-7-36(38)20-18-28-25(23-36)13-14-30-29(28)17-19-35(6)31(15-16-32(30)35)24(2)21-27(22-33(37)34(3,4)5)41(39,40)26-11-9-8-10-12-26/h8-13,24,27-33,37-38H,7,14-23H2,1-6H3/t24-,27?,28+,29-,30-,31-,32+,33-,35-,36+/m1/s1. The number of aliphatic hydroxyl groups is 2. The first-order chi connectivity index (χ1) is 19.2. The monoisotopic (exact) mass is 584 g/mol. The van der Waals surface area contributed by atoms with Gasteiger partial charge in [0.1, 0.15) is 0 Å². The average molecular weight is 585 g/mol. The lowest BCUT2D eigenvalue weighted by molar-refractivity contribution is -0.0462. The molecule has 1 aromatic carbocycles. The lowest BCUT2D eigenvalue weighted by Gasteiger charge is -2.55. The smallest absolute Gasteiger partial charge is 0.181 e. The Hall–Kier alpha value is -1.17. The predicted octanol–water partition coefficient (Wildman–Crippen LogP) is 7.98. The van der Waals surface area contributed by atoms with Crippen LogP contribution in [0.4, 0.5) is 0 Å². The molecule has 0 saturated heterocycles. The first-order valence-corrected chi connectivity index (χ1v) is 18.1. The minimum Gasteiger partial charge on any atom is -0.393 e. The van der Waals surface area contributed by atoms with Gasteiger partial charge in [0.2, 0.25) is 0 Å². The molecule has 3 fully saturated rings. The Morgan fingerprint density at radius 3 is 2.37 bits per heavy atom. The van der Waals surface area contributed by atoms with Crippen LogP contribution in [0.2, 0.25) is 0 Å². The zero-order valence-corrected chi connectivity index (χ0v) is 27.3. The fourth-order valence-corrected chi connectivity index (χ4v) is 11.9. The van der Waals surface area contributed by atoms with E-state index in [1.54, 1.807) is 29.8 Å². The molecule has 4 aliphatic carbocycles. The summed E-state index contributed by atoms with van der Waals surface area (Å²) in [6.07, 6.45) is 12.6. The molecular formula is C36H56O4S. The Morgan fingerprint density at radius 1 is 1.00 bits per heavy atom. The van der Waals surface area contributed by atoms with Gasteiger partial charge in [0.05, 0.1) is 21.9 Å². The zero-order chi connectivity index (χ0) is 29.8. The zero-order valence-electron chi connectivity index (χ0n) is 26.5. The van der Waals surface area contributed by atoms with Crippen molar-refractivity contribution in [3.05, 3.63) is 42.0 Å². The van der Waals surface area contributed by atoms with Crippen LogP contribution in [-0.2, 0) is 9.84 Å². The van der Waals surface area contributed by atoms with Crippen LogP contribution in [0.15, 0.2) is 46.9 Å². The highest BCUT2D eigenvalue weighted by Gasteiger charge is 2.57. The molecule has 5 rings (SSSR count). The van der Waals surface area contributed by atoms with Gasteiger partial charge in [0.15, 0.2) is 9.84 Å². The molecule has 230 valence electrons. The molecule has 0 amide bonds. The molecule has 0 aromatic heterocycles. The van der Waals surface area contributed by atoms with Gasteiger partial charge in [-0.25, -0.2) is 8.42 Å². The fourth-order valence-electron chi connectivity index (χ4n) is 9.98. The number of hydrogen-bond acceptors (Lipinski definition) is 4. The molecule has 2 N–H and O–H groups in total. The predicted molar refractivity (Wildman–Crippen MR) is 167 cm³/mol. The molecule has 0 heterocycles. The molecule has 0 spiro atoms. The molecule has 0 aliphatic heterocycles. The van der Waals surface area contributed by atoms with Crippen LogP contribution in [0.5, 0.6) is 0 Å². The maximum absolute atomic E-state index is 14.0. The number of allylic oxidation sites excluding steroid dienone is 1. The molecule has 4 aliphatic rings. The molecule has 4 nitrogen and oxygen atoms in total. The third-order valence-electron chi connectivity index (χ3n) is 12.6. The van der Waals surface area contributed by atoms with Gasteiger partial charge >= 0.3 is 0 Å². The molecule has 1 aromatic rings. The topological polar surface area (TPSA) is 74.6 Å². The van der Waals surface area contributed by atoms with Crippen molar-refractivity contribution in [2.75, 3.05) is 0 Å². The van der Waals surface area contributed by atoms with Crippen molar-refractivity contribution < 1.29 is 18.6 Å². The van der Waals surface area contributed by atoms with Crippen LogP contribution in [0.1, 0.15) is 112 Å². The summed E-state index contributed by atoms with van der Waals surface area (Å²) >= 11 is 0. The van der Waals surface area contributed by atoms with Crippen molar-refractivity contribution in [2.45, 2.75) is 134 Å². The van der Waals surface area contributed by atoms with Crippen LogP contribution >= 0.6 is 0 Å². The normalized spacial score (nSPS) is 37.8. The largest absolute Gasteiger partial charge is 0.393 e. The van der Waals surface area contributed by atoms with Crippen LogP contribution in [0.3, 0.4) is 0 Å². The maximum Gasteiger partial charge on any atom is 0.181 e. The quantitative estimate of drug-likeness (QED) is 0.304. The van der Waals surface area contributed by atoms with Gasteiger partial charge in [-0.3, -0.25) is 0 Å². The summed E-state index contributed by atoms with van der Waals surface area (Å²) in [6, 6.07) is 8.88. The lowest BCUT2D eigenvalue weighted by atomic mass is 9.50. The highest BCUT2D eigenvalue weighted by molar-refractivity contribution is 7.92. The van der Waals surface area contributed by atoms with E-state index < -0.39 is 26.8 Å². The number of sulfone groups is 1. The molecule has 0 radical (unpaired) electrons. The van der Waals surface area contributed by atoms with E-state index in [1.807, 2.05) is 26.8 Å². The first-order valence-electron chi connectivity index (χ1n) is 16.6. The summed E-state index contributed by atoms with van der Waals surface area (Å²) in [5, 5.41) is 21.5. The summed E-state index contributed by atoms with van der Waals surface area (Å²) in [6.45, 7) is 12.9. The number of aliphatic hydroxyl groups excluding tert-OH is 1. The second-order valence-electron chi connectivity index (χ2n) is 15.9. The number of benzene rings is 1. The van der Waals surface area contributed by atoms with Crippen molar-refractivity contribution >= 4 is 9.84 Å². The summed E-state index contributed by atoms with van der Waals surface area (Å²) < 4.78 is 27.9. The van der Waals surface area contributed by atoms with E-state index in [2.05, 4.69) is 26.8 Å². The molecule has 1 unspecified atom stereocenters. The maximum atomic E-state index is 14.0. The second-order valence-corrected chi connectivity index (χ2v) is 18.1. The molecule has 10 atom stereocenters. The van der Waals surface area contributed by atoms with Crippen LogP contribution in [0, 0.1) is 46.3 Å². The minimum atomic E-state index is -3.56. The van der Waals surface area contributed by atoms with Crippen molar-refractivity contribution in [3.63, 3.8) is 0 Å². The Kier molecular flexibility index (Phi) is 8.69. The average Bonchev–Trinajstić information content (AvgIpc) is 3.29. The van der Waals surface area contributed by atoms with Gasteiger partial charge < -0.3 is 10.2 Å². The molecule has 5 heteroatoms. The second kappa shape index (κ2) is 11.4. The highest BCUT2D eigenvalue weighted by Crippen LogP contribution is 2.65. The van der Waals surface area contributed by atoms with E-state index in [9.17, 15) is 18.6 Å². The summed E-state index contributed by atoms with van der Waals surface area (Å²) in [4.78, 5) is 0.376. The molecule has 0 bridgehead atoms. The van der Waals surface area contributed by atoms with Crippen LogP contribution < -0.4 is 0 Å². The fraction of sp³-hybridized carbons (Fsp3) is 0.778. The van der Waals surface area contributed by atoms with E-state index in [1.165, 1.54) is 25.7 Å². The SMILES string of the molecule is CC[C@]1(O)CC[C@H]2C(=CC[C@@H]3[C@@H]2CC[C@]2(C)[C@@H]([C@H](C)CC(C[C@@H](O)C(C)(C)C)S(=O)(=O)c4ccccc4)CC[C@@H]32)C1. The van der Waals surface area contributed by atoms with Crippen molar-refractivity contribution in [3.8, 4) is 0 Å². The Labute approximate surface area is 250 Å². The summed E-state index contributed by atoms with van der Waals surface area (Å²) in [5.41, 5.74) is 0.924. The number of rotatable bonds is 8. The number of hydrogen-bond donors (Lipinski definition) is 2. The summed E-state index contributed by atoms with van der Waals surface area (Å²) in [7, 11) is -3.56. The van der Waals surface area contributed by atoms with Crippen molar-refractivity contribution in [1.82, 2.24) is 0 Å². The van der Waals surface area contributed by atoms with E-state index in [0.717, 1.165) is 43.9 Å². The Morgan fingerprint density at radius 2 is 1.71 bits per heavy atom. The van der Waals surface area contributed by atoms with Gasteiger partial charge in [-0.15, -0.1) is 0 Å². The number of fused-ring (bicyclic) bond motifs is 5. The van der Waals surface area contributed by atoms with E-state index in [4.69, 9.17) is 0 Å². The molecular weight excluding hydrogens is 528 g/mol. The molecule has 3 saturated carbocycles. The van der Waals surface area contributed by atoms with Crippen LogP contribution in [-0.4, -0.2) is 35.6 Å². The minimum absolute atomic E-state index is 0.244. The third kappa shape index (κ3) is 5.86. The first kappa shape index (κ1) is 31.3. The third-order valence-corrected chi connectivity index (χ3v) is 14.8. The van der Waals surface area contributed by atoms with Gasteiger partial charge in [-0.05, 0) is 129 Å². The summed E-state index contributed by atoms with van der Waals surface area (Å²) in [5.74, 6) is 3.61. The van der Waals surface area contributed by atoms with Gasteiger partial charge in [0, 0.05) is 0 Å². The molecule has 41 heavy (non-hydrogen) atoms. The van der Waals surface area contributed by atoms with E-state index in [0.29, 0.717) is 29.1 Å². The van der Waals surface area contributed by atoms with Crippen molar-refractivity contribution in [1.29, 1.82) is 0 Å². The van der Waals surface area contributed by atoms with Gasteiger partial charge in [0.25, 0.3) is 0 Å². The Balaban J connectivity index is 1.35. The van der Waals surface area contributed by atoms with Gasteiger partial charge in [-0.1, -0.05) is 71.4 Å². The lowest BCUT2D eigenvalue weighted by Crippen LogP contribution is -2.48.